The highest BCUT2D eigenvalue weighted by molar-refractivity contribution is 5.27. The molecule has 0 fully saturated rings. The van der Waals surface area contributed by atoms with Crippen LogP contribution in [0.25, 0.3) is 0 Å². The van der Waals surface area contributed by atoms with E-state index in [0.29, 0.717) is 6.54 Å². The van der Waals surface area contributed by atoms with E-state index in [4.69, 9.17) is 10.5 Å². The van der Waals surface area contributed by atoms with Gasteiger partial charge in [0.25, 0.3) is 0 Å². The SMILES string of the molecule is COc1ccc(CCn2cccc2CCN)cc1. The Bertz CT molecular complexity index is 473. The Labute approximate surface area is 108 Å². The first-order valence-corrected chi connectivity index (χ1v) is 6.30. The van der Waals surface area contributed by atoms with Crippen LogP contribution in [-0.2, 0) is 19.4 Å². The van der Waals surface area contributed by atoms with Crippen molar-refractivity contribution in [1.29, 1.82) is 0 Å². The normalized spacial score (nSPS) is 10.6. The van der Waals surface area contributed by atoms with Crippen molar-refractivity contribution in [2.24, 2.45) is 5.73 Å². The van der Waals surface area contributed by atoms with E-state index in [0.717, 1.165) is 25.1 Å². The Hall–Kier alpha value is -1.74. The molecule has 0 bridgehead atoms. The Balaban J connectivity index is 1.95. The van der Waals surface area contributed by atoms with Gasteiger partial charge in [0, 0.05) is 18.4 Å². The molecule has 0 radical (unpaired) electrons. The highest BCUT2D eigenvalue weighted by Gasteiger charge is 2.00. The van der Waals surface area contributed by atoms with Crippen LogP contribution in [0.5, 0.6) is 5.75 Å². The zero-order valence-corrected chi connectivity index (χ0v) is 10.8. The first-order valence-electron chi connectivity index (χ1n) is 6.30. The lowest BCUT2D eigenvalue weighted by molar-refractivity contribution is 0.414. The predicted molar refractivity (Wildman–Crippen MR) is 73.9 cm³/mol. The van der Waals surface area contributed by atoms with E-state index in [2.05, 4.69) is 35.0 Å². The smallest absolute Gasteiger partial charge is 0.118 e. The lowest BCUT2D eigenvalue weighted by Crippen LogP contribution is -2.09. The van der Waals surface area contributed by atoms with E-state index in [9.17, 15) is 0 Å². The van der Waals surface area contributed by atoms with Crippen LogP contribution in [0.3, 0.4) is 0 Å². The van der Waals surface area contributed by atoms with Gasteiger partial charge < -0.3 is 15.0 Å². The zero-order valence-electron chi connectivity index (χ0n) is 10.8. The largest absolute Gasteiger partial charge is 0.497 e. The number of rotatable bonds is 6. The van der Waals surface area contributed by atoms with Crippen LogP contribution in [0, 0.1) is 0 Å². The van der Waals surface area contributed by atoms with Gasteiger partial charge in [-0.2, -0.15) is 0 Å². The topological polar surface area (TPSA) is 40.2 Å². The minimum Gasteiger partial charge on any atom is -0.497 e. The third kappa shape index (κ3) is 3.14. The molecule has 0 saturated heterocycles. The molecule has 0 unspecified atom stereocenters. The van der Waals surface area contributed by atoms with E-state index < -0.39 is 0 Å². The van der Waals surface area contributed by atoms with Crippen molar-refractivity contribution in [3.63, 3.8) is 0 Å². The number of aromatic nitrogens is 1. The highest BCUT2D eigenvalue weighted by Crippen LogP contribution is 2.13. The van der Waals surface area contributed by atoms with E-state index in [1.165, 1.54) is 11.3 Å². The van der Waals surface area contributed by atoms with Crippen LogP contribution >= 0.6 is 0 Å². The molecule has 0 aliphatic carbocycles. The average molecular weight is 244 g/mol. The summed E-state index contributed by atoms with van der Waals surface area (Å²) in [4.78, 5) is 0. The Morgan fingerprint density at radius 2 is 1.89 bits per heavy atom. The second-order valence-electron chi connectivity index (χ2n) is 4.33. The summed E-state index contributed by atoms with van der Waals surface area (Å²) >= 11 is 0. The molecule has 0 aliphatic heterocycles. The van der Waals surface area contributed by atoms with E-state index in [1.807, 2.05) is 12.1 Å². The van der Waals surface area contributed by atoms with Gasteiger partial charge >= 0.3 is 0 Å². The van der Waals surface area contributed by atoms with E-state index in [1.54, 1.807) is 7.11 Å². The zero-order chi connectivity index (χ0) is 12.8. The van der Waals surface area contributed by atoms with Crippen molar-refractivity contribution < 1.29 is 4.74 Å². The quantitative estimate of drug-likeness (QED) is 0.846. The molecule has 0 spiro atoms. The molecule has 0 amide bonds. The molecule has 3 heteroatoms. The molecule has 1 aromatic heterocycles. The summed E-state index contributed by atoms with van der Waals surface area (Å²) in [6.07, 6.45) is 4.08. The molecule has 0 saturated carbocycles. The van der Waals surface area contributed by atoms with Crippen molar-refractivity contribution in [1.82, 2.24) is 4.57 Å². The number of hydrogen-bond donors (Lipinski definition) is 1. The monoisotopic (exact) mass is 244 g/mol. The van der Waals surface area contributed by atoms with Crippen molar-refractivity contribution >= 4 is 0 Å². The molecule has 2 rings (SSSR count). The fraction of sp³-hybridized carbons (Fsp3) is 0.333. The molecule has 2 aromatic rings. The second kappa shape index (κ2) is 6.26. The summed E-state index contributed by atoms with van der Waals surface area (Å²) in [7, 11) is 1.69. The maximum absolute atomic E-state index is 5.60. The predicted octanol–water partition coefficient (Wildman–Crippen LogP) is 2.24. The molecule has 2 N–H and O–H groups in total. The summed E-state index contributed by atoms with van der Waals surface area (Å²) in [5.41, 5.74) is 8.23. The maximum Gasteiger partial charge on any atom is 0.118 e. The molecule has 1 heterocycles. The number of hydrogen-bond acceptors (Lipinski definition) is 2. The summed E-state index contributed by atoms with van der Waals surface area (Å²) in [6.45, 7) is 1.70. The standard InChI is InChI=1S/C15H20N2O/c1-18-15-6-4-13(5-7-15)9-12-17-11-2-3-14(17)8-10-16/h2-7,11H,8-10,12,16H2,1H3. The fourth-order valence-corrected chi connectivity index (χ4v) is 2.08. The molecule has 0 aliphatic rings. The van der Waals surface area contributed by atoms with Crippen molar-refractivity contribution in [2.45, 2.75) is 19.4 Å². The molecule has 0 atom stereocenters. The third-order valence-electron chi connectivity index (χ3n) is 3.12. The van der Waals surface area contributed by atoms with Gasteiger partial charge in [-0.15, -0.1) is 0 Å². The van der Waals surface area contributed by atoms with Crippen LogP contribution in [0.15, 0.2) is 42.6 Å². The molecular formula is C15H20N2O. The number of ether oxygens (including phenoxy) is 1. The number of benzene rings is 1. The van der Waals surface area contributed by atoms with Crippen molar-refractivity contribution in [3.05, 3.63) is 53.9 Å². The van der Waals surface area contributed by atoms with Gasteiger partial charge in [-0.3, -0.25) is 0 Å². The first-order chi connectivity index (χ1) is 8.83. The molecule has 96 valence electrons. The van der Waals surface area contributed by atoms with Crippen molar-refractivity contribution in [3.8, 4) is 5.75 Å². The Kier molecular flexibility index (Phi) is 4.42. The summed E-state index contributed by atoms with van der Waals surface area (Å²) in [6, 6.07) is 12.5. The van der Waals surface area contributed by atoms with Crippen LogP contribution in [-0.4, -0.2) is 18.2 Å². The average Bonchev–Trinajstić information content (AvgIpc) is 2.85. The minimum atomic E-state index is 0.701. The number of methoxy groups -OCH3 is 1. The number of aryl methyl sites for hydroxylation is 2. The van der Waals surface area contributed by atoms with Gasteiger partial charge in [-0.25, -0.2) is 0 Å². The number of nitrogens with two attached hydrogens (primary N) is 1. The van der Waals surface area contributed by atoms with Crippen molar-refractivity contribution in [2.75, 3.05) is 13.7 Å². The maximum atomic E-state index is 5.60. The van der Waals surface area contributed by atoms with Gasteiger partial charge in [-0.1, -0.05) is 12.1 Å². The second-order valence-corrected chi connectivity index (χ2v) is 4.33. The highest BCUT2D eigenvalue weighted by atomic mass is 16.5. The van der Waals surface area contributed by atoms with Gasteiger partial charge in [0.2, 0.25) is 0 Å². The van der Waals surface area contributed by atoms with Gasteiger partial charge in [0.1, 0.15) is 5.75 Å². The summed E-state index contributed by atoms with van der Waals surface area (Å²) < 4.78 is 7.43. The Morgan fingerprint density at radius 1 is 1.11 bits per heavy atom. The number of nitrogens with zero attached hydrogens (tertiary/aromatic N) is 1. The Morgan fingerprint density at radius 3 is 2.56 bits per heavy atom. The summed E-state index contributed by atoms with van der Waals surface area (Å²) in [5.74, 6) is 0.906. The lowest BCUT2D eigenvalue weighted by Gasteiger charge is -2.09. The van der Waals surface area contributed by atoms with Gasteiger partial charge in [0.15, 0.2) is 0 Å². The summed E-state index contributed by atoms with van der Waals surface area (Å²) in [5, 5.41) is 0. The minimum absolute atomic E-state index is 0.701. The van der Waals surface area contributed by atoms with Gasteiger partial charge in [0.05, 0.1) is 7.11 Å². The van der Waals surface area contributed by atoms with Gasteiger partial charge in [-0.05, 0) is 49.2 Å². The lowest BCUT2D eigenvalue weighted by atomic mass is 10.1. The first kappa shape index (κ1) is 12.7. The third-order valence-corrected chi connectivity index (χ3v) is 3.12. The van der Waals surface area contributed by atoms with Crippen LogP contribution in [0.1, 0.15) is 11.3 Å². The molecule has 3 nitrogen and oxygen atoms in total. The van der Waals surface area contributed by atoms with Crippen LogP contribution < -0.4 is 10.5 Å². The van der Waals surface area contributed by atoms with E-state index >= 15 is 0 Å². The fourth-order valence-electron chi connectivity index (χ4n) is 2.08. The molecule has 1 aromatic carbocycles. The molecule has 18 heavy (non-hydrogen) atoms. The van der Waals surface area contributed by atoms with Crippen LogP contribution in [0.4, 0.5) is 0 Å². The van der Waals surface area contributed by atoms with E-state index in [-0.39, 0.29) is 0 Å². The molecular weight excluding hydrogens is 224 g/mol. The van der Waals surface area contributed by atoms with Crippen LogP contribution in [0.2, 0.25) is 0 Å².